The van der Waals surface area contributed by atoms with Crippen molar-refractivity contribution in [1.29, 1.82) is 0 Å². The Morgan fingerprint density at radius 1 is 1.00 bits per heavy atom. The molecule has 4 aromatic rings. The van der Waals surface area contributed by atoms with Crippen molar-refractivity contribution in [3.63, 3.8) is 0 Å². The van der Waals surface area contributed by atoms with Gasteiger partial charge in [0.15, 0.2) is 11.5 Å². The predicted molar refractivity (Wildman–Crippen MR) is 98.6 cm³/mol. The van der Waals surface area contributed by atoms with Crippen molar-refractivity contribution < 1.29 is 4.74 Å². The highest BCUT2D eigenvalue weighted by atomic mass is 16.5. The van der Waals surface area contributed by atoms with E-state index in [1.54, 1.807) is 11.6 Å². The maximum atomic E-state index is 6.14. The molecule has 0 fully saturated rings. The van der Waals surface area contributed by atoms with Gasteiger partial charge in [-0.15, -0.1) is 5.10 Å². The third-order valence-corrected chi connectivity index (χ3v) is 4.25. The minimum absolute atomic E-state index is 0.517. The zero-order valence-electron chi connectivity index (χ0n) is 13.9. The van der Waals surface area contributed by atoms with Crippen LogP contribution in [-0.2, 0) is 6.42 Å². The molecule has 25 heavy (non-hydrogen) atoms. The van der Waals surface area contributed by atoms with Crippen molar-refractivity contribution in [3.05, 3.63) is 78.1 Å². The van der Waals surface area contributed by atoms with Crippen LogP contribution in [0.25, 0.3) is 16.8 Å². The second-order valence-electron chi connectivity index (χ2n) is 5.87. The van der Waals surface area contributed by atoms with Crippen molar-refractivity contribution >= 4 is 11.5 Å². The molecule has 0 radical (unpaired) electrons. The molecule has 0 atom stereocenters. The number of fused-ring (bicyclic) bond motifs is 1. The number of nitrogens with two attached hydrogens (primary N) is 1. The lowest BCUT2D eigenvalue weighted by Crippen LogP contribution is -1.94. The van der Waals surface area contributed by atoms with Gasteiger partial charge in [0, 0.05) is 29.9 Å². The Bertz CT molecular complexity index is 1010. The summed E-state index contributed by atoms with van der Waals surface area (Å²) in [5.41, 5.74) is 11.1. The summed E-state index contributed by atoms with van der Waals surface area (Å²) in [4.78, 5) is 4.61. The van der Waals surface area contributed by atoms with Gasteiger partial charge in [0.05, 0.1) is 7.11 Å². The number of nitrogens with zero attached hydrogens (tertiary/aromatic N) is 3. The molecular formula is C20H18N4O. The van der Waals surface area contributed by atoms with Crippen LogP contribution in [0.2, 0.25) is 0 Å². The van der Waals surface area contributed by atoms with Crippen molar-refractivity contribution in [2.45, 2.75) is 6.42 Å². The van der Waals surface area contributed by atoms with Gasteiger partial charge in [0.2, 0.25) is 0 Å². The molecular weight excluding hydrogens is 312 g/mol. The third-order valence-electron chi connectivity index (χ3n) is 4.25. The highest BCUT2D eigenvalue weighted by molar-refractivity contribution is 5.67. The van der Waals surface area contributed by atoms with Crippen LogP contribution in [0.4, 0.5) is 5.82 Å². The summed E-state index contributed by atoms with van der Waals surface area (Å²) in [6.07, 6.45) is 4.52. The average molecular weight is 330 g/mol. The van der Waals surface area contributed by atoms with Crippen LogP contribution in [0.3, 0.4) is 0 Å². The lowest BCUT2D eigenvalue weighted by molar-refractivity contribution is 0.415. The molecule has 2 N–H and O–H groups in total. The Balaban J connectivity index is 1.72. The Kier molecular flexibility index (Phi) is 3.82. The molecule has 0 spiro atoms. The van der Waals surface area contributed by atoms with Gasteiger partial charge in [-0.2, -0.15) is 0 Å². The molecule has 2 aromatic heterocycles. The van der Waals surface area contributed by atoms with Crippen LogP contribution in [0.1, 0.15) is 11.1 Å². The van der Waals surface area contributed by atoms with E-state index in [-0.39, 0.29) is 0 Å². The molecule has 0 bridgehead atoms. The van der Waals surface area contributed by atoms with Gasteiger partial charge in [0.1, 0.15) is 5.75 Å². The van der Waals surface area contributed by atoms with Crippen LogP contribution in [-0.4, -0.2) is 21.7 Å². The number of rotatable bonds is 4. The summed E-state index contributed by atoms with van der Waals surface area (Å²) in [5.74, 6) is 1.34. The Morgan fingerprint density at radius 2 is 1.76 bits per heavy atom. The van der Waals surface area contributed by atoms with Gasteiger partial charge in [-0.05, 0) is 23.3 Å². The predicted octanol–water partition coefficient (Wildman–Crippen LogP) is 3.58. The van der Waals surface area contributed by atoms with Gasteiger partial charge in [-0.3, -0.25) is 0 Å². The zero-order valence-corrected chi connectivity index (χ0v) is 13.9. The van der Waals surface area contributed by atoms with E-state index in [1.807, 2.05) is 54.9 Å². The normalized spacial score (nSPS) is 10.9. The molecule has 5 nitrogen and oxygen atoms in total. The fourth-order valence-corrected chi connectivity index (χ4v) is 2.90. The number of hydrogen-bond donors (Lipinski definition) is 1. The first-order valence-corrected chi connectivity index (χ1v) is 8.05. The Hall–Kier alpha value is -3.34. The fraction of sp³-hybridized carbons (Fsp3) is 0.100. The largest absolute Gasteiger partial charge is 0.497 e. The zero-order chi connectivity index (χ0) is 17.2. The summed E-state index contributed by atoms with van der Waals surface area (Å²) in [5, 5.41) is 4.44. The molecule has 0 unspecified atom stereocenters. The van der Waals surface area contributed by atoms with Crippen LogP contribution in [0.15, 0.2) is 67.0 Å². The first-order chi connectivity index (χ1) is 12.2. The van der Waals surface area contributed by atoms with Crippen LogP contribution in [0.5, 0.6) is 5.75 Å². The number of hydrogen-bond acceptors (Lipinski definition) is 4. The number of nitrogen functional groups attached to an aromatic ring is 1. The van der Waals surface area contributed by atoms with E-state index in [9.17, 15) is 0 Å². The molecule has 0 aliphatic rings. The third kappa shape index (κ3) is 2.92. The molecule has 2 heterocycles. The SMILES string of the molecule is COc1ccc(-c2cnc3c(Cc4ccccc4)c(N)nn3c2)cc1. The van der Waals surface area contributed by atoms with Crippen LogP contribution >= 0.6 is 0 Å². The fourth-order valence-electron chi connectivity index (χ4n) is 2.90. The number of benzene rings is 2. The molecule has 4 rings (SSSR count). The summed E-state index contributed by atoms with van der Waals surface area (Å²) in [6.45, 7) is 0. The summed E-state index contributed by atoms with van der Waals surface area (Å²) in [7, 11) is 1.66. The summed E-state index contributed by atoms with van der Waals surface area (Å²) in [6, 6.07) is 18.1. The minimum atomic E-state index is 0.517. The standard InChI is InChI=1S/C20H18N4O/c1-25-17-9-7-15(8-10-17)16-12-22-20-18(19(21)23-24(20)13-16)11-14-5-3-2-4-6-14/h2-10,12-13H,11H2,1H3,(H2,21,23). The minimum Gasteiger partial charge on any atom is -0.497 e. The molecule has 2 aromatic carbocycles. The van der Waals surface area contributed by atoms with Crippen molar-refractivity contribution in [2.24, 2.45) is 0 Å². The van der Waals surface area contributed by atoms with E-state index in [4.69, 9.17) is 10.5 Å². The molecule has 0 amide bonds. The highest BCUT2D eigenvalue weighted by Crippen LogP contribution is 2.25. The molecule has 0 saturated heterocycles. The summed E-state index contributed by atoms with van der Waals surface area (Å²) >= 11 is 0. The molecule has 5 heteroatoms. The van der Waals surface area contributed by atoms with Gasteiger partial charge < -0.3 is 10.5 Å². The first kappa shape index (κ1) is 15.2. The molecule has 0 aliphatic carbocycles. The lowest BCUT2D eigenvalue weighted by atomic mass is 10.1. The Morgan fingerprint density at radius 3 is 2.48 bits per heavy atom. The number of methoxy groups -OCH3 is 1. The monoisotopic (exact) mass is 330 g/mol. The van der Waals surface area contributed by atoms with Gasteiger partial charge >= 0.3 is 0 Å². The van der Waals surface area contributed by atoms with Gasteiger partial charge in [0.25, 0.3) is 0 Å². The number of ether oxygens (including phenoxy) is 1. The molecule has 0 aliphatic heterocycles. The second-order valence-corrected chi connectivity index (χ2v) is 5.87. The topological polar surface area (TPSA) is 65.4 Å². The highest BCUT2D eigenvalue weighted by Gasteiger charge is 2.13. The van der Waals surface area contributed by atoms with Crippen molar-refractivity contribution in [3.8, 4) is 16.9 Å². The maximum absolute atomic E-state index is 6.14. The Labute approximate surface area is 145 Å². The van der Waals surface area contributed by atoms with E-state index in [0.29, 0.717) is 12.2 Å². The van der Waals surface area contributed by atoms with Crippen molar-refractivity contribution in [2.75, 3.05) is 12.8 Å². The van der Waals surface area contributed by atoms with E-state index in [0.717, 1.165) is 28.1 Å². The van der Waals surface area contributed by atoms with Gasteiger partial charge in [-0.25, -0.2) is 9.50 Å². The van der Waals surface area contributed by atoms with Crippen molar-refractivity contribution in [1.82, 2.24) is 14.6 Å². The molecule has 124 valence electrons. The van der Waals surface area contributed by atoms with Gasteiger partial charge in [-0.1, -0.05) is 42.5 Å². The van der Waals surface area contributed by atoms with E-state index in [1.165, 1.54) is 5.56 Å². The quantitative estimate of drug-likeness (QED) is 0.621. The van der Waals surface area contributed by atoms with E-state index in [2.05, 4.69) is 22.2 Å². The average Bonchev–Trinajstić information content (AvgIpc) is 2.97. The second kappa shape index (κ2) is 6.28. The van der Waals surface area contributed by atoms with E-state index < -0.39 is 0 Å². The van der Waals surface area contributed by atoms with E-state index >= 15 is 0 Å². The number of aromatic nitrogens is 3. The maximum Gasteiger partial charge on any atom is 0.160 e. The van der Waals surface area contributed by atoms with Crippen LogP contribution < -0.4 is 10.5 Å². The first-order valence-electron chi connectivity index (χ1n) is 8.05. The summed E-state index contributed by atoms with van der Waals surface area (Å²) < 4.78 is 6.96. The lowest BCUT2D eigenvalue weighted by Gasteiger charge is -2.05. The van der Waals surface area contributed by atoms with Crippen LogP contribution in [0, 0.1) is 0 Å². The number of anilines is 1. The smallest absolute Gasteiger partial charge is 0.160 e. The molecule has 0 saturated carbocycles.